The van der Waals surface area contributed by atoms with Gasteiger partial charge in [0.15, 0.2) is 0 Å². The molecule has 2 unspecified atom stereocenters. The van der Waals surface area contributed by atoms with Crippen LogP contribution in [0.15, 0.2) is 18.2 Å². The molecule has 1 aromatic rings. The van der Waals surface area contributed by atoms with Crippen LogP contribution in [-0.2, 0) is 4.74 Å². The Morgan fingerprint density at radius 2 is 1.74 bits per heavy atom. The van der Waals surface area contributed by atoms with Crippen LogP contribution in [0.2, 0.25) is 0 Å². The second kappa shape index (κ2) is 8.34. The molecule has 1 rings (SSSR count). The molecule has 0 heterocycles. The summed E-state index contributed by atoms with van der Waals surface area (Å²) in [6, 6.07) is 7.05. The molecule has 0 aliphatic heterocycles. The predicted octanol–water partition coefficient (Wildman–Crippen LogP) is 4.16. The molecular formula is C17H29NO. The molecule has 19 heavy (non-hydrogen) atoms. The first-order chi connectivity index (χ1) is 9.06. The molecule has 0 spiro atoms. The second-order valence-electron chi connectivity index (χ2n) is 5.48. The molecule has 0 saturated carbocycles. The van der Waals surface area contributed by atoms with E-state index >= 15 is 0 Å². The van der Waals surface area contributed by atoms with Crippen LogP contribution in [0.25, 0.3) is 0 Å². The predicted molar refractivity (Wildman–Crippen MR) is 82.7 cm³/mol. The Hall–Kier alpha value is -0.860. The van der Waals surface area contributed by atoms with Gasteiger partial charge in [0.1, 0.15) is 0 Å². The van der Waals surface area contributed by atoms with E-state index in [1.165, 1.54) is 16.7 Å². The van der Waals surface area contributed by atoms with Crippen LogP contribution in [0, 0.1) is 13.8 Å². The van der Waals surface area contributed by atoms with Crippen LogP contribution in [0.3, 0.4) is 0 Å². The minimum absolute atomic E-state index is 0.299. The minimum Gasteiger partial charge on any atom is -0.377 e. The summed E-state index contributed by atoms with van der Waals surface area (Å²) in [5.74, 6) is 0. The molecule has 2 nitrogen and oxygen atoms in total. The van der Waals surface area contributed by atoms with Crippen LogP contribution in [0.4, 0.5) is 0 Å². The fourth-order valence-corrected chi connectivity index (χ4v) is 2.18. The lowest BCUT2D eigenvalue weighted by atomic mass is 10.0. The summed E-state index contributed by atoms with van der Waals surface area (Å²) in [7, 11) is 0. The molecule has 0 aliphatic carbocycles. The van der Waals surface area contributed by atoms with E-state index in [1.807, 2.05) is 0 Å². The zero-order chi connectivity index (χ0) is 14.3. The third-order valence-electron chi connectivity index (χ3n) is 3.41. The van der Waals surface area contributed by atoms with Gasteiger partial charge >= 0.3 is 0 Å². The maximum absolute atomic E-state index is 5.92. The number of benzene rings is 1. The van der Waals surface area contributed by atoms with Crippen LogP contribution >= 0.6 is 0 Å². The highest BCUT2D eigenvalue weighted by atomic mass is 16.5. The fourth-order valence-electron chi connectivity index (χ4n) is 2.18. The van der Waals surface area contributed by atoms with Crippen molar-refractivity contribution in [3.63, 3.8) is 0 Å². The van der Waals surface area contributed by atoms with Crippen molar-refractivity contribution in [2.24, 2.45) is 0 Å². The Morgan fingerprint density at radius 1 is 1.11 bits per heavy atom. The monoisotopic (exact) mass is 263 g/mol. The van der Waals surface area contributed by atoms with Crippen molar-refractivity contribution in [1.82, 2.24) is 5.32 Å². The van der Waals surface area contributed by atoms with Gasteiger partial charge in [0.25, 0.3) is 0 Å². The Morgan fingerprint density at radius 3 is 2.26 bits per heavy atom. The van der Waals surface area contributed by atoms with Gasteiger partial charge in [-0.15, -0.1) is 0 Å². The molecule has 2 heteroatoms. The molecule has 0 saturated heterocycles. The van der Waals surface area contributed by atoms with E-state index in [2.05, 4.69) is 58.1 Å². The third kappa shape index (κ3) is 5.75. The summed E-state index contributed by atoms with van der Waals surface area (Å²) < 4.78 is 5.92. The third-order valence-corrected chi connectivity index (χ3v) is 3.41. The largest absolute Gasteiger partial charge is 0.377 e. The van der Waals surface area contributed by atoms with Crippen LogP contribution in [0.1, 0.15) is 56.3 Å². The van der Waals surface area contributed by atoms with Gasteiger partial charge in [0.2, 0.25) is 0 Å². The van der Waals surface area contributed by atoms with Gasteiger partial charge in [-0.1, -0.05) is 43.2 Å². The van der Waals surface area contributed by atoms with Gasteiger partial charge in [-0.25, -0.2) is 0 Å². The van der Waals surface area contributed by atoms with Crippen molar-refractivity contribution in [1.29, 1.82) is 0 Å². The average Bonchev–Trinajstić information content (AvgIpc) is 2.37. The smallest absolute Gasteiger partial charge is 0.0665 e. The quantitative estimate of drug-likeness (QED) is 0.760. The van der Waals surface area contributed by atoms with Gasteiger partial charge in [-0.3, -0.25) is 0 Å². The van der Waals surface area contributed by atoms with E-state index in [-0.39, 0.29) is 0 Å². The van der Waals surface area contributed by atoms with Crippen molar-refractivity contribution in [2.75, 3.05) is 13.2 Å². The summed E-state index contributed by atoms with van der Waals surface area (Å²) in [5.41, 5.74) is 3.98. The molecule has 0 fully saturated rings. The number of rotatable bonds is 8. The van der Waals surface area contributed by atoms with Crippen molar-refractivity contribution >= 4 is 0 Å². The molecule has 0 aromatic heterocycles. The molecule has 2 atom stereocenters. The van der Waals surface area contributed by atoms with Crippen LogP contribution in [-0.4, -0.2) is 19.3 Å². The molecule has 0 bridgehead atoms. The van der Waals surface area contributed by atoms with E-state index in [4.69, 9.17) is 4.74 Å². The van der Waals surface area contributed by atoms with Crippen molar-refractivity contribution < 1.29 is 4.74 Å². The van der Waals surface area contributed by atoms with E-state index in [0.717, 1.165) is 26.0 Å². The van der Waals surface area contributed by atoms with Gasteiger partial charge in [-0.05, 0) is 45.7 Å². The zero-order valence-corrected chi connectivity index (χ0v) is 13.1. The summed E-state index contributed by atoms with van der Waals surface area (Å²) in [6.07, 6.45) is 2.54. The molecule has 1 N–H and O–H groups in total. The number of hydrogen-bond donors (Lipinski definition) is 1. The van der Waals surface area contributed by atoms with Crippen LogP contribution < -0.4 is 5.32 Å². The normalized spacial score (nSPS) is 14.4. The lowest BCUT2D eigenvalue weighted by Gasteiger charge is -2.22. The summed E-state index contributed by atoms with van der Waals surface area (Å²) >= 11 is 0. The number of hydrogen-bond acceptors (Lipinski definition) is 2. The van der Waals surface area contributed by atoms with E-state index in [0.29, 0.717) is 12.1 Å². The maximum Gasteiger partial charge on any atom is 0.0665 e. The molecule has 0 radical (unpaired) electrons. The van der Waals surface area contributed by atoms with E-state index in [1.54, 1.807) is 0 Å². The molecule has 1 aromatic carbocycles. The summed E-state index contributed by atoms with van der Waals surface area (Å²) in [6.45, 7) is 12.6. The Kier molecular flexibility index (Phi) is 7.11. The minimum atomic E-state index is 0.299. The molecule has 0 amide bonds. The number of aryl methyl sites for hydroxylation is 2. The highest BCUT2D eigenvalue weighted by molar-refractivity contribution is 5.30. The first-order valence-electron chi connectivity index (χ1n) is 7.50. The lowest BCUT2D eigenvalue weighted by Crippen LogP contribution is -2.28. The Bertz CT molecular complexity index is 355. The van der Waals surface area contributed by atoms with E-state index < -0.39 is 0 Å². The first-order valence-corrected chi connectivity index (χ1v) is 7.50. The second-order valence-corrected chi connectivity index (χ2v) is 5.48. The Balaban J connectivity index is 2.76. The van der Waals surface area contributed by atoms with E-state index in [9.17, 15) is 0 Å². The summed E-state index contributed by atoms with van der Waals surface area (Å²) in [4.78, 5) is 0. The molecule has 108 valence electrons. The highest BCUT2D eigenvalue weighted by Gasteiger charge is 2.13. The topological polar surface area (TPSA) is 21.3 Å². The average molecular weight is 263 g/mol. The zero-order valence-electron chi connectivity index (χ0n) is 13.1. The lowest BCUT2D eigenvalue weighted by molar-refractivity contribution is 0.0474. The first kappa shape index (κ1) is 16.2. The summed E-state index contributed by atoms with van der Waals surface area (Å²) in [5, 5.41) is 3.59. The molecule has 0 aliphatic rings. The maximum atomic E-state index is 5.92. The number of ether oxygens (including phenoxy) is 1. The number of nitrogens with one attached hydrogen (secondary N) is 1. The van der Waals surface area contributed by atoms with Crippen molar-refractivity contribution in [3.8, 4) is 0 Å². The van der Waals surface area contributed by atoms with Gasteiger partial charge in [0.05, 0.1) is 18.8 Å². The SMILES string of the molecule is CCCNC(COC(C)CC)c1cc(C)cc(C)c1. The Labute approximate surface area is 118 Å². The van der Waals surface area contributed by atoms with Gasteiger partial charge in [-0.2, -0.15) is 0 Å². The molecular weight excluding hydrogens is 234 g/mol. The van der Waals surface area contributed by atoms with Crippen molar-refractivity contribution in [3.05, 3.63) is 34.9 Å². The fraction of sp³-hybridized carbons (Fsp3) is 0.647. The van der Waals surface area contributed by atoms with Crippen LogP contribution in [0.5, 0.6) is 0 Å². The van der Waals surface area contributed by atoms with Gasteiger partial charge < -0.3 is 10.1 Å². The standard InChI is InChI=1S/C17H29NO/c1-6-8-18-17(12-19-15(5)7-2)16-10-13(3)9-14(4)11-16/h9-11,15,17-18H,6-8,12H2,1-5H3. The highest BCUT2D eigenvalue weighted by Crippen LogP contribution is 2.18. The van der Waals surface area contributed by atoms with Gasteiger partial charge in [0, 0.05) is 0 Å². The van der Waals surface area contributed by atoms with Crippen molar-refractivity contribution in [2.45, 2.75) is 59.6 Å².